The Hall–Kier alpha value is -1.26. The van der Waals surface area contributed by atoms with Gasteiger partial charge in [0, 0.05) is 6.42 Å². The maximum atomic E-state index is 10.5. The predicted molar refractivity (Wildman–Crippen MR) is 61.5 cm³/mol. The third kappa shape index (κ3) is 1.78. The molecule has 1 atom stereocenters. The van der Waals surface area contributed by atoms with Crippen molar-refractivity contribution in [3.63, 3.8) is 0 Å². The van der Waals surface area contributed by atoms with Gasteiger partial charge in [0.1, 0.15) is 0 Å². The molecule has 0 saturated carbocycles. The molecule has 0 heterocycles. The molecule has 78 valence electrons. The number of benzene rings is 1. The summed E-state index contributed by atoms with van der Waals surface area (Å²) in [6, 6.07) is 6.32. The quantitative estimate of drug-likeness (QED) is 0.727. The van der Waals surface area contributed by atoms with E-state index in [1.807, 2.05) is 0 Å². The van der Waals surface area contributed by atoms with Crippen LogP contribution in [0.4, 0.5) is 0 Å². The molecule has 0 fully saturated rings. The first-order chi connectivity index (χ1) is 7.15. The van der Waals surface area contributed by atoms with Gasteiger partial charge in [0.15, 0.2) is 0 Å². The molecule has 0 amide bonds. The van der Waals surface area contributed by atoms with Gasteiger partial charge in [-0.05, 0) is 37.3 Å². The van der Waals surface area contributed by atoms with Crippen LogP contribution >= 0.6 is 0 Å². The van der Waals surface area contributed by atoms with E-state index in [2.05, 4.69) is 31.0 Å². The zero-order valence-electron chi connectivity index (χ0n) is 9.09. The van der Waals surface area contributed by atoms with Crippen molar-refractivity contribution >= 4 is 0 Å². The Bertz CT molecular complexity index is 414. The van der Waals surface area contributed by atoms with Crippen LogP contribution in [0, 0.1) is 19.3 Å². The highest BCUT2D eigenvalue weighted by atomic mass is 16.3. The number of terminal acetylenes is 1. The third-order valence-electron chi connectivity index (χ3n) is 3.26. The summed E-state index contributed by atoms with van der Waals surface area (Å²) in [6.07, 6.45) is 8.36. The van der Waals surface area contributed by atoms with Gasteiger partial charge in [-0.3, -0.25) is 0 Å². The largest absolute Gasteiger partial charge is 0.385 e. The zero-order valence-corrected chi connectivity index (χ0v) is 9.09. The maximum absolute atomic E-state index is 10.5. The van der Waals surface area contributed by atoms with E-state index in [0.29, 0.717) is 12.8 Å². The summed E-state index contributed by atoms with van der Waals surface area (Å²) in [5, 5.41) is 10.5. The minimum atomic E-state index is -0.673. The molecular weight excluding hydrogens is 184 g/mol. The molecule has 1 aromatic rings. The summed E-state index contributed by atoms with van der Waals surface area (Å²) in [5.74, 6) is 2.61. The lowest BCUT2D eigenvalue weighted by atomic mass is 9.90. The highest BCUT2D eigenvalue weighted by molar-refractivity contribution is 5.40. The average molecular weight is 200 g/mol. The van der Waals surface area contributed by atoms with Gasteiger partial charge in [0.05, 0.1) is 5.60 Å². The number of fused-ring (bicyclic) bond motifs is 1. The molecular formula is C14H16O. The molecule has 0 aliphatic heterocycles. The van der Waals surface area contributed by atoms with Crippen LogP contribution in [0.5, 0.6) is 0 Å². The number of rotatable bonds is 2. The standard InChI is InChI=1S/C14H16O/c1-3-4-8-14(15)9-7-12-6-5-11(2)10-13(12)14/h1,5-6,10,15H,4,7-9H2,2H3. The molecule has 1 nitrogen and oxygen atoms in total. The predicted octanol–water partition coefficient (Wildman–Crippen LogP) is 2.54. The molecule has 1 aromatic carbocycles. The summed E-state index contributed by atoms with van der Waals surface area (Å²) in [5.41, 5.74) is 2.90. The van der Waals surface area contributed by atoms with E-state index in [1.54, 1.807) is 0 Å². The summed E-state index contributed by atoms with van der Waals surface area (Å²) in [7, 11) is 0. The van der Waals surface area contributed by atoms with Crippen LogP contribution in [0.3, 0.4) is 0 Å². The Morgan fingerprint density at radius 3 is 3.07 bits per heavy atom. The Balaban J connectivity index is 2.34. The van der Waals surface area contributed by atoms with Crippen LogP contribution in [0.25, 0.3) is 0 Å². The summed E-state index contributed by atoms with van der Waals surface area (Å²) in [4.78, 5) is 0. The molecule has 0 aromatic heterocycles. The van der Waals surface area contributed by atoms with Crippen molar-refractivity contribution in [2.24, 2.45) is 0 Å². The van der Waals surface area contributed by atoms with Crippen molar-refractivity contribution < 1.29 is 5.11 Å². The van der Waals surface area contributed by atoms with Crippen LogP contribution in [-0.2, 0) is 12.0 Å². The molecule has 1 aliphatic carbocycles. The number of aryl methyl sites for hydroxylation is 2. The second kappa shape index (κ2) is 3.72. The molecule has 0 radical (unpaired) electrons. The monoisotopic (exact) mass is 200 g/mol. The van der Waals surface area contributed by atoms with Gasteiger partial charge in [0.2, 0.25) is 0 Å². The van der Waals surface area contributed by atoms with Crippen LogP contribution in [0.15, 0.2) is 18.2 Å². The first kappa shape index (κ1) is 10.3. The van der Waals surface area contributed by atoms with Gasteiger partial charge in [-0.2, -0.15) is 0 Å². The van der Waals surface area contributed by atoms with Crippen molar-refractivity contribution in [2.75, 3.05) is 0 Å². The third-order valence-corrected chi connectivity index (χ3v) is 3.26. The van der Waals surface area contributed by atoms with Crippen molar-refractivity contribution in [2.45, 2.75) is 38.2 Å². The lowest BCUT2D eigenvalue weighted by Crippen LogP contribution is -2.21. The van der Waals surface area contributed by atoms with E-state index in [4.69, 9.17) is 6.42 Å². The number of aliphatic hydroxyl groups is 1. The van der Waals surface area contributed by atoms with Crippen molar-refractivity contribution in [3.05, 3.63) is 34.9 Å². The molecule has 0 saturated heterocycles. The first-order valence-corrected chi connectivity index (χ1v) is 5.41. The van der Waals surface area contributed by atoms with Gasteiger partial charge >= 0.3 is 0 Å². The Kier molecular flexibility index (Phi) is 2.54. The topological polar surface area (TPSA) is 20.2 Å². The van der Waals surface area contributed by atoms with E-state index in [9.17, 15) is 5.11 Å². The van der Waals surface area contributed by atoms with E-state index < -0.39 is 5.60 Å². The highest BCUT2D eigenvalue weighted by Gasteiger charge is 2.35. The lowest BCUT2D eigenvalue weighted by Gasteiger charge is -2.23. The average Bonchev–Trinajstić information content (AvgIpc) is 2.55. The van der Waals surface area contributed by atoms with Gasteiger partial charge in [0.25, 0.3) is 0 Å². The fraction of sp³-hybridized carbons (Fsp3) is 0.429. The fourth-order valence-electron chi connectivity index (χ4n) is 2.36. The van der Waals surface area contributed by atoms with Gasteiger partial charge in [-0.15, -0.1) is 12.3 Å². The van der Waals surface area contributed by atoms with E-state index in [1.165, 1.54) is 11.1 Å². The summed E-state index contributed by atoms with van der Waals surface area (Å²) < 4.78 is 0. The van der Waals surface area contributed by atoms with Crippen LogP contribution in [-0.4, -0.2) is 5.11 Å². The van der Waals surface area contributed by atoms with Crippen molar-refractivity contribution in [3.8, 4) is 12.3 Å². The van der Waals surface area contributed by atoms with Gasteiger partial charge in [-0.25, -0.2) is 0 Å². The van der Waals surface area contributed by atoms with E-state index in [-0.39, 0.29) is 0 Å². The normalized spacial score (nSPS) is 23.5. The molecule has 1 heteroatoms. The van der Waals surface area contributed by atoms with Crippen molar-refractivity contribution in [1.29, 1.82) is 0 Å². The zero-order chi connectivity index (χ0) is 10.9. The molecule has 0 spiro atoms. The molecule has 0 bridgehead atoms. The maximum Gasteiger partial charge on any atom is 0.0911 e. The first-order valence-electron chi connectivity index (χ1n) is 5.41. The molecule has 1 aliphatic rings. The van der Waals surface area contributed by atoms with Crippen LogP contribution in [0.2, 0.25) is 0 Å². The molecule has 15 heavy (non-hydrogen) atoms. The Morgan fingerprint density at radius 1 is 1.53 bits per heavy atom. The second-order valence-corrected chi connectivity index (χ2v) is 4.40. The molecule has 2 rings (SSSR count). The number of hydrogen-bond donors (Lipinski definition) is 1. The Morgan fingerprint density at radius 2 is 2.33 bits per heavy atom. The molecule has 1 unspecified atom stereocenters. The number of hydrogen-bond acceptors (Lipinski definition) is 1. The second-order valence-electron chi connectivity index (χ2n) is 4.40. The van der Waals surface area contributed by atoms with E-state index in [0.717, 1.165) is 18.4 Å². The van der Waals surface area contributed by atoms with E-state index >= 15 is 0 Å². The highest BCUT2D eigenvalue weighted by Crippen LogP contribution is 2.40. The van der Waals surface area contributed by atoms with Crippen LogP contribution < -0.4 is 0 Å². The SMILES string of the molecule is C#CCCC1(O)CCc2ccc(C)cc21. The molecule has 1 N–H and O–H groups in total. The minimum absolute atomic E-state index is 0.643. The fourth-order valence-corrected chi connectivity index (χ4v) is 2.36. The lowest BCUT2D eigenvalue weighted by molar-refractivity contribution is 0.0310. The Labute approximate surface area is 91.1 Å². The summed E-state index contributed by atoms with van der Waals surface area (Å²) >= 11 is 0. The van der Waals surface area contributed by atoms with Crippen LogP contribution in [0.1, 0.15) is 36.0 Å². The van der Waals surface area contributed by atoms with Gasteiger partial charge in [-0.1, -0.05) is 23.8 Å². The van der Waals surface area contributed by atoms with Crippen molar-refractivity contribution in [1.82, 2.24) is 0 Å². The van der Waals surface area contributed by atoms with Gasteiger partial charge < -0.3 is 5.11 Å². The summed E-state index contributed by atoms with van der Waals surface area (Å²) in [6.45, 7) is 2.06. The minimum Gasteiger partial charge on any atom is -0.385 e. The smallest absolute Gasteiger partial charge is 0.0911 e.